The number of hydrogen-bond acceptors (Lipinski definition) is 3. The van der Waals surface area contributed by atoms with Crippen molar-refractivity contribution in [1.29, 1.82) is 0 Å². The average molecular weight is 315 g/mol. The van der Waals surface area contributed by atoms with Crippen LogP contribution in [-0.4, -0.2) is 33.6 Å². The molecule has 5 N–H and O–H groups in total. The smallest absolute Gasteiger partial charge is 0.320 e. The van der Waals surface area contributed by atoms with Crippen molar-refractivity contribution < 1.29 is 9.90 Å². The van der Waals surface area contributed by atoms with Crippen LogP contribution in [0, 0.1) is 0 Å². The van der Waals surface area contributed by atoms with Gasteiger partial charge in [-0.15, -0.1) is 0 Å². The average Bonchev–Trinajstić information content (AvgIpc) is 3.04. The van der Waals surface area contributed by atoms with Crippen molar-refractivity contribution in [3.63, 3.8) is 0 Å². The van der Waals surface area contributed by atoms with Crippen molar-refractivity contribution in [1.82, 2.24) is 10.3 Å². The van der Waals surface area contributed by atoms with Crippen LogP contribution in [0.25, 0.3) is 17.0 Å². The zero-order chi connectivity index (χ0) is 15.7. The van der Waals surface area contributed by atoms with Crippen LogP contribution in [0.3, 0.4) is 0 Å². The van der Waals surface area contributed by atoms with E-state index in [4.69, 9.17) is 23.1 Å². The van der Waals surface area contributed by atoms with Crippen LogP contribution in [0.2, 0.25) is 0 Å². The molecule has 6 heteroatoms. The highest BCUT2D eigenvalue weighted by molar-refractivity contribution is 7.80. The molecular weight excluding hydrogens is 298 g/mol. The minimum absolute atomic E-state index is 0.276. The molecule has 2 aromatic rings. The molecule has 0 aliphatic carbocycles. The van der Waals surface area contributed by atoms with E-state index in [0.29, 0.717) is 0 Å². The number of fused-ring (bicyclic) bond motifs is 1. The van der Waals surface area contributed by atoms with Gasteiger partial charge in [-0.1, -0.05) is 30.4 Å². The third kappa shape index (κ3) is 2.75. The van der Waals surface area contributed by atoms with Gasteiger partial charge in [-0.25, -0.2) is 0 Å². The third-order valence-electron chi connectivity index (χ3n) is 3.88. The second kappa shape index (κ2) is 5.90. The highest BCUT2D eigenvalue weighted by Gasteiger charge is 2.19. The van der Waals surface area contributed by atoms with Crippen LogP contribution in [0.5, 0.6) is 0 Å². The number of thiocarbonyl (C=S) groups is 1. The molecule has 3 rings (SSSR count). The maximum atomic E-state index is 11.1. The summed E-state index contributed by atoms with van der Waals surface area (Å²) in [5, 5.41) is 13.2. The number of aromatic nitrogens is 1. The standard InChI is InChI=1S/C16H17N3O2S/c17-12(16(20)21)8-11-10-3-1-2-4-13(10)19-14(11)7-9-5-6-18-15(9)22/h1-4,7,12,19H,5-6,8,17H2,(H,18,22)(H,20,21)/b9-7+. The molecular formula is C16H17N3O2S. The normalized spacial score (nSPS) is 17.9. The summed E-state index contributed by atoms with van der Waals surface area (Å²) in [5.74, 6) is -0.998. The molecule has 1 aliphatic rings. The Morgan fingerprint density at radius 1 is 1.45 bits per heavy atom. The van der Waals surface area contributed by atoms with E-state index >= 15 is 0 Å². The van der Waals surface area contributed by atoms with Crippen molar-refractivity contribution in [3.05, 3.63) is 41.1 Å². The number of carbonyl (C=O) groups is 1. The second-order valence-electron chi connectivity index (χ2n) is 5.39. The van der Waals surface area contributed by atoms with Gasteiger partial charge in [-0.2, -0.15) is 0 Å². The van der Waals surface area contributed by atoms with Crippen molar-refractivity contribution in [2.24, 2.45) is 5.73 Å². The van der Waals surface area contributed by atoms with Gasteiger partial charge in [0.15, 0.2) is 0 Å². The fourth-order valence-corrected chi connectivity index (χ4v) is 2.98. The number of aliphatic carboxylic acids is 1. The summed E-state index contributed by atoms with van der Waals surface area (Å²) < 4.78 is 0. The van der Waals surface area contributed by atoms with E-state index in [0.717, 1.165) is 45.7 Å². The van der Waals surface area contributed by atoms with Crippen LogP contribution in [0.1, 0.15) is 17.7 Å². The van der Waals surface area contributed by atoms with E-state index in [-0.39, 0.29) is 6.42 Å². The third-order valence-corrected chi connectivity index (χ3v) is 4.28. The van der Waals surface area contributed by atoms with Gasteiger partial charge >= 0.3 is 5.97 Å². The Hall–Kier alpha value is -2.18. The fourth-order valence-electron chi connectivity index (χ4n) is 2.72. The summed E-state index contributed by atoms with van der Waals surface area (Å²) in [6.45, 7) is 0.842. The number of hydrogen-bond donors (Lipinski definition) is 4. The van der Waals surface area contributed by atoms with E-state index in [1.807, 2.05) is 30.3 Å². The molecule has 1 aliphatic heterocycles. The lowest BCUT2D eigenvalue weighted by Gasteiger charge is -2.07. The Kier molecular flexibility index (Phi) is 3.96. The predicted molar refractivity (Wildman–Crippen MR) is 90.8 cm³/mol. The molecule has 0 saturated carbocycles. The highest BCUT2D eigenvalue weighted by atomic mass is 32.1. The summed E-state index contributed by atoms with van der Waals surface area (Å²) >= 11 is 5.28. The quantitative estimate of drug-likeness (QED) is 0.510. The summed E-state index contributed by atoms with van der Waals surface area (Å²) in [6, 6.07) is 6.90. The second-order valence-corrected chi connectivity index (χ2v) is 5.80. The number of carboxylic acid groups (broad SMARTS) is 1. The van der Waals surface area contributed by atoms with Crippen LogP contribution in [0.4, 0.5) is 0 Å². The molecule has 5 nitrogen and oxygen atoms in total. The molecule has 0 amide bonds. The molecule has 1 fully saturated rings. The maximum absolute atomic E-state index is 11.1. The first-order valence-electron chi connectivity index (χ1n) is 7.13. The lowest BCUT2D eigenvalue weighted by molar-refractivity contribution is -0.138. The van der Waals surface area contributed by atoms with Crippen LogP contribution >= 0.6 is 12.2 Å². The van der Waals surface area contributed by atoms with Crippen molar-refractivity contribution >= 4 is 40.2 Å². The number of H-pyrrole nitrogens is 1. The largest absolute Gasteiger partial charge is 0.480 e. The van der Waals surface area contributed by atoms with Gasteiger partial charge in [-0.3, -0.25) is 4.79 Å². The number of nitrogens with two attached hydrogens (primary N) is 1. The molecule has 0 bridgehead atoms. The number of benzene rings is 1. The van der Waals surface area contributed by atoms with Crippen LogP contribution in [0.15, 0.2) is 29.8 Å². The minimum atomic E-state index is -0.998. The Morgan fingerprint density at radius 3 is 2.91 bits per heavy atom. The fraction of sp³-hybridized carbons (Fsp3) is 0.250. The van der Waals surface area contributed by atoms with Crippen molar-refractivity contribution in [3.8, 4) is 0 Å². The summed E-state index contributed by atoms with van der Waals surface area (Å²) in [7, 11) is 0. The topological polar surface area (TPSA) is 91.1 Å². The van der Waals surface area contributed by atoms with E-state index < -0.39 is 12.0 Å². The maximum Gasteiger partial charge on any atom is 0.320 e. The summed E-state index contributed by atoms with van der Waals surface area (Å²) in [6.07, 6.45) is 3.16. The summed E-state index contributed by atoms with van der Waals surface area (Å²) in [5.41, 5.74) is 9.58. The molecule has 0 radical (unpaired) electrons. The monoisotopic (exact) mass is 315 g/mol. The van der Waals surface area contributed by atoms with Gasteiger partial charge in [0.25, 0.3) is 0 Å². The van der Waals surface area contributed by atoms with Gasteiger partial charge in [0.1, 0.15) is 11.0 Å². The van der Waals surface area contributed by atoms with Crippen LogP contribution < -0.4 is 11.1 Å². The zero-order valence-electron chi connectivity index (χ0n) is 11.9. The number of rotatable bonds is 4. The van der Waals surface area contributed by atoms with Gasteiger partial charge in [0.2, 0.25) is 0 Å². The number of para-hydroxylation sites is 1. The highest BCUT2D eigenvalue weighted by Crippen LogP contribution is 2.26. The molecule has 1 atom stereocenters. The lowest BCUT2D eigenvalue weighted by atomic mass is 10.0. The van der Waals surface area contributed by atoms with E-state index in [2.05, 4.69) is 10.3 Å². The van der Waals surface area contributed by atoms with Gasteiger partial charge in [0, 0.05) is 29.6 Å². The molecule has 1 saturated heterocycles. The minimum Gasteiger partial charge on any atom is -0.480 e. The number of aromatic amines is 1. The van der Waals surface area contributed by atoms with Crippen LogP contribution in [-0.2, 0) is 11.2 Å². The molecule has 2 heterocycles. The first kappa shape index (κ1) is 14.7. The Labute approximate surface area is 133 Å². The first-order valence-corrected chi connectivity index (χ1v) is 7.54. The first-order chi connectivity index (χ1) is 10.6. The van der Waals surface area contributed by atoms with E-state index in [9.17, 15) is 4.79 Å². The molecule has 1 unspecified atom stereocenters. The summed E-state index contributed by atoms with van der Waals surface area (Å²) in [4.78, 5) is 15.2. The Morgan fingerprint density at radius 2 is 2.23 bits per heavy atom. The van der Waals surface area contributed by atoms with E-state index in [1.54, 1.807) is 0 Å². The molecule has 1 aromatic carbocycles. The predicted octanol–water partition coefficient (Wildman–Crippen LogP) is 1.83. The van der Waals surface area contributed by atoms with Crippen molar-refractivity contribution in [2.45, 2.75) is 18.9 Å². The van der Waals surface area contributed by atoms with Gasteiger partial charge in [0.05, 0.1) is 0 Å². The Bertz CT molecular complexity index is 779. The number of nitrogens with one attached hydrogen (secondary N) is 2. The van der Waals surface area contributed by atoms with Crippen molar-refractivity contribution in [2.75, 3.05) is 6.54 Å². The molecule has 1 aromatic heterocycles. The van der Waals surface area contributed by atoms with Gasteiger partial charge in [-0.05, 0) is 29.7 Å². The molecule has 22 heavy (non-hydrogen) atoms. The molecule has 114 valence electrons. The lowest BCUT2D eigenvalue weighted by Crippen LogP contribution is -2.32. The number of carboxylic acids is 1. The zero-order valence-corrected chi connectivity index (χ0v) is 12.7. The Balaban J connectivity index is 2.08. The SMILES string of the molecule is NC(Cc1c(/C=C2\CCNC2=S)[nH]c2ccccc12)C(=O)O. The molecule has 0 spiro atoms. The van der Waals surface area contributed by atoms with Gasteiger partial charge < -0.3 is 21.1 Å². The van der Waals surface area contributed by atoms with E-state index in [1.165, 1.54) is 0 Å².